The number of hydrogen-bond donors (Lipinski definition) is 2. The van der Waals surface area contributed by atoms with Crippen LogP contribution in [0.3, 0.4) is 0 Å². The first-order valence-electron chi connectivity index (χ1n) is 6.34. The van der Waals surface area contributed by atoms with Crippen LogP contribution < -0.4 is 5.32 Å². The fourth-order valence-electron chi connectivity index (χ4n) is 1.71. The molecule has 0 saturated carbocycles. The lowest BCUT2D eigenvalue weighted by atomic mass is 10.1. The highest BCUT2D eigenvalue weighted by molar-refractivity contribution is 5.61. The Balaban J connectivity index is 2.09. The molecule has 2 heterocycles. The molecular formula is C14H20N4. The molecule has 0 fully saturated rings. The number of H-pyrrole nitrogens is 1. The predicted octanol–water partition coefficient (Wildman–Crippen LogP) is 2.61. The van der Waals surface area contributed by atoms with E-state index in [1.807, 2.05) is 24.5 Å². The van der Waals surface area contributed by atoms with Gasteiger partial charge < -0.3 is 5.32 Å². The zero-order valence-electron chi connectivity index (χ0n) is 11.1. The summed E-state index contributed by atoms with van der Waals surface area (Å²) in [5.41, 5.74) is 3.30. The monoisotopic (exact) mass is 244 g/mol. The van der Waals surface area contributed by atoms with Gasteiger partial charge >= 0.3 is 0 Å². The molecule has 2 aromatic heterocycles. The summed E-state index contributed by atoms with van der Waals surface area (Å²) >= 11 is 0. The molecule has 0 spiro atoms. The second-order valence-electron chi connectivity index (χ2n) is 4.93. The van der Waals surface area contributed by atoms with Gasteiger partial charge in [0.05, 0.1) is 11.9 Å². The van der Waals surface area contributed by atoms with Crippen molar-refractivity contribution >= 4 is 0 Å². The number of nitrogens with zero attached hydrogens (tertiary/aromatic N) is 2. The van der Waals surface area contributed by atoms with Crippen LogP contribution in [-0.2, 0) is 6.54 Å². The van der Waals surface area contributed by atoms with Crippen LogP contribution in [0.5, 0.6) is 0 Å². The molecule has 0 amide bonds. The number of rotatable bonds is 5. The van der Waals surface area contributed by atoms with E-state index in [9.17, 15) is 0 Å². The Morgan fingerprint density at radius 2 is 2.11 bits per heavy atom. The maximum Gasteiger partial charge on any atom is 0.0710 e. The van der Waals surface area contributed by atoms with Crippen LogP contribution in [0.4, 0.5) is 0 Å². The van der Waals surface area contributed by atoms with Crippen molar-refractivity contribution < 1.29 is 0 Å². The third-order valence-corrected chi connectivity index (χ3v) is 3.28. The number of aromatic nitrogens is 3. The zero-order valence-corrected chi connectivity index (χ0v) is 11.1. The largest absolute Gasteiger partial charge is 0.310 e. The predicted molar refractivity (Wildman–Crippen MR) is 73.0 cm³/mol. The summed E-state index contributed by atoms with van der Waals surface area (Å²) in [5, 5.41) is 10.7. The number of pyridine rings is 1. The van der Waals surface area contributed by atoms with Gasteiger partial charge in [0.2, 0.25) is 0 Å². The van der Waals surface area contributed by atoms with Crippen molar-refractivity contribution in [3.8, 4) is 11.3 Å². The van der Waals surface area contributed by atoms with Crippen LogP contribution in [0.1, 0.15) is 26.3 Å². The second-order valence-corrected chi connectivity index (χ2v) is 4.93. The molecule has 1 atom stereocenters. The molecule has 0 aliphatic rings. The van der Waals surface area contributed by atoms with Crippen molar-refractivity contribution in [3.63, 3.8) is 0 Å². The lowest BCUT2D eigenvalue weighted by Crippen LogP contribution is -2.30. The quantitative estimate of drug-likeness (QED) is 0.850. The maximum absolute atomic E-state index is 4.14. The van der Waals surface area contributed by atoms with E-state index in [-0.39, 0.29) is 0 Å². The highest BCUT2D eigenvalue weighted by atomic mass is 15.1. The highest BCUT2D eigenvalue weighted by Gasteiger charge is 2.10. The van der Waals surface area contributed by atoms with Gasteiger partial charge in [0.1, 0.15) is 0 Å². The molecule has 96 valence electrons. The highest BCUT2D eigenvalue weighted by Crippen LogP contribution is 2.19. The Morgan fingerprint density at radius 3 is 2.78 bits per heavy atom. The first-order valence-corrected chi connectivity index (χ1v) is 6.34. The van der Waals surface area contributed by atoms with Gasteiger partial charge in [-0.15, -0.1) is 0 Å². The molecular weight excluding hydrogens is 224 g/mol. The molecule has 4 nitrogen and oxygen atoms in total. The SMILES string of the molecule is CC(C)C(C)NCc1cn[nH]c1-c1cccnc1. The number of nitrogens with one attached hydrogen (secondary N) is 2. The minimum absolute atomic E-state index is 0.488. The van der Waals surface area contributed by atoms with Crippen molar-refractivity contribution in [1.82, 2.24) is 20.5 Å². The van der Waals surface area contributed by atoms with Crippen LogP contribution >= 0.6 is 0 Å². The van der Waals surface area contributed by atoms with Gasteiger partial charge in [-0.1, -0.05) is 13.8 Å². The van der Waals surface area contributed by atoms with Crippen molar-refractivity contribution in [2.24, 2.45) is 5.92 Å². The van der Waals surface area contributed by atoms with E-state index in [4.69, 9.17) is 0 Å². The molecule has 18 heavy (non-hydrogen) atoms. The summed E-state index contributed by atoms with van der Waals surface area (Å²) in [4.78, 5) is 4.14. The maximum atomic E-state index is 4.14. The summed E-state index contributed by atoms with van der Waals surface area (Å²) in [5.74, 6) is 0.624. The van der Waals surface area contributed by atoms with Crippen LogP contribution in [0, 0.1) is 5.92 Å². The lowest BCUT2D eigenvalue weighted by molar-refractivity contribution is 0.426. The molecule has 2 rings (SSSR count). The first kappa shape index (κ1) is 12.8. The van der Waals surface area contributed by atoms with E-state index in [1.54, 1.807) is 6.20 Å². The Kier molecular flexibility index (Phi) is 4.10. The second kappa shape index (κ2) is 5.78. The summed E-state index contributed by atoms with van der Waals surface area (Å²) in [7, 11) is 0. The minimum atomic E-state index is 0.488. The fourth-order valence-corrected chi connectivity index (χ4v) is 1.71. The van der Waals surface area contributed by atoms with Gasteiger partial charge in [0.25, 0.3) is 0 Å². The van der Waals surface area contributed by atoms with Gasteiger partial charge in [-0.3, -0.25) is 10.1 Å². The standard InChI is InChI=1S/C14H20N4/c1-10(2)11(3)16-8-13-9-17-18-14(13)12-5-4-6-15-7-12/h4-7,9-11,16H,8H2,1-3H3,(H,17,18). The molecule has 0 aromatic carbocycles. The average molecular weight is 244 g/mol. The number of hydrogen-bond acceptors (Lipinski definition) is 3. The first-order chi connectivity index (χ1) is 8.68. The van der Waals surface area contributed by atoms with Crippen LogP contribution in [0.15, 0.2) is 30.7 Å². The van der Waals surface area contributed by atoms with Crippen molar-refractivity contribution in [2.45, 2.75) is 33.4 Å². The Labute approximate surface area is 108 Å². The number of aromatic amines is 1. The Bertz CT molecular complexity index is 476. The summed E-state index contributed by atoms with van der Waals surface area (Å²) in [6, 6.07) is 4.46. The molecule has 1 unspecified atom stereocenters. The van der Waals surface area contributed by atoms with Crippen LogP contribution in [-0.4, -0.2) is 21.2 Å². The molecule has 0 aliphatic heterocycles. The molecule has 0 saturated heterocycles. The van der Waals surface area contributed by atoms with Crippen molar-refractivity contribution in [2.75, 3.05) is 0 Å². The van der Waals surface area contributed by atoms with E-state index in [0.29, 0.717) is 12.0 Å². The van der Waals surface area contributed by atoms with Gasteiger partial charge in [-0.05, 0) is 25.0 Å². The third-order valence-electron chi connectivity index (χ3n) is 3.28. The Hall–Kier alpha value is -1.68. The minimum Gasteiger partial charge on any atom is -0.310 e. The molecule has 2 N–H and O–H groups in total. The smallest absolute Gasteiger partial charge is 0.0710 e. The average Bonchev–Trinajstić information content (AvgIpc) is 2.85. The van der Waals surface area contributed by atoms with Crippen LogP contribution in [0.25, 0.3) is 11.3 Å². The molecule has 0 radical (unpaired) electrons. The van der Waals surface area contributed by atoms with Gasteiger partial charge in [0.15, 0.2) is 0 Å². The van der Waals surface area contributed by atoms with E-state index in [1.165, 1.54) is 5.56 Å². The van der Waals surface area contributed by atoms with Gasteiger partial charge in [-0.2, -0.15) is 5.10 Å². The molecule has 0 aliphatic carbocycles. The van der Waals surface area contributed by atoms with Crippen molar-refractivity contribution in [3.05, 3.63) is 36.3 Å². The van der Waals surface area contributed by atoms with E-state index >= 15 is 0 Å². The molecule has 0 bridgehead atoms. The third kappa shape index (κ3) is 2.96. The molecule has 2 aromatic rings. The molecule has 4 heteroatoms. The van der Waals surface area contributed by atoms with E-state index in [0.717, 1.165) is 17.8 Å². The Morgan fingerprint density at radius 1 is 1.28 bits per heavy atom. The van der Waals surface area contributed by atoms with Crippen LogP contribution in [0.2, 0.25) is 0 Å². The summed E-state index contributed by atoms with van der Waals surface area (Å²) in [6.45, 7) is 7.46. The normalized spacial score (nSPS) is 12.9. The van der Waals surface area contributed by atoms with Gasteiger partial charge in [-0.25, -0.2) is 0 Å². The van der Waals surface area contributed by atoms with Gasteiger partial charge in [0, 0.05) is 36.1 Å². The zero-order chi connectivity index (χ0) is 13.0. The van der Waals surface area contributed by atoms with E-state index in [2.05, 4.69) is 41.3 Å². The summed E-state index contributed by atoms with van der Waals surface area (Å²) in [6.07, 6.45) is 5.50. The topological polar surface area (TPSA) is 53.6 Å². The summed E-state index contributed by atoms with van der Waals surface area (Å²) < 4.78 is 0. The van der Waals surface area contributed by atoms with E-state index < -0.39 is 0 Å². The fraction of sp³-hybridized carbons (Fsp3) is 0.429. The van der Waals surface area contributed by atoms with Crippen molar-refractivity contribution in [1.29, 1.82) is 0 Å². The lowest BCUT2D eigenvalue weighted by Gasteiger charge is -2.17.